The van der Waals surface area contributed by atoms with Gasteiger partial charge in [0.15, 0.2) is 19.9 Å². The fourth-order valence-corrected chi connectivity index (χ4v) is 7.26. The molecule has 0 bridgehead atoms. The van der Waals surface area contributed by atoms with E-state index in [-0.39, 0.29) is 28.4 Å². The van der Waals surface area contributed by atoms with Gasteiger partial charge < -0.3 is 18.6 Å². The fraction of sp³-hybridized carbons (Fsp3) is 0.531. The Hall–Kier alpha value is -1.52. The Labute approximate surface area is 247 Å². The summed E-state index contributed by atoms with van der Waals surface area (Å²) in [5.74, 6) is 0.154. The molecule has 0 aromatic heterocycles. The number of carbonyl (C=O) groups is 1. The van der Waals surface area contributed by atoms with Crippen LogP contribution in [0.5, 0.6) is 5.75 Å². The van der Waals surface area contributed by atoms with Gasteiger partial charge in [-0.3, -0.25) is 4.79 Å². The van der Waals surface area contributed by atoms with Crippen LogP contribution >= 0.6 is 22.6 Å². The summed E-state index contributed by atoms with van der Waals surface area (Å²) in [5, 5.41) is 0.121. The minimum absolute atomic E-state index is 0.114. The van der Waals surface area contributed by atoms with E-state index in [1.54, 1.807) is 0 Å². The summed E-state index contributed by atoms with van der Waals surface area (Å²) in [6.45, 7) is 20.4. The van der Waals surface area contributed by atoms with Crippen molar-refractivity contribution in [3.63, 3.8) is 0 Å². The van der Waals surface area contributed by atoms with Crippen LogP contribution in [0.2, 0.25) is 18.1 Å². The second kappa shape index (κ2) is 9.79. The molecule has 1 saturated heterocycles. The van der Waals surface area contributed by atoms with Crippen LogP contribution in [0.1, 0.15) is 75.5 Å². The third-order valence-corrected chi connectivity index (χ3v) is 14.2. The first-order valence-electron chi connectivity index (χ1n) is 13.8. The topological polar surface area (TPSA) is 54.0 Å². The van der Waals surface area contributed by atoms with Crippen LogP contribution in [-0.4, -0.2) is 45.3 Å². The summed E-state index contributed by atoms with van der Waals surface area (Å²) in [6.07, 6.45) is 0.345. The highest BCUT2D eigenvalue weighted by molar-refractivity contribution is 14.1. The van der Waals surface area contributed by atoms with E-state index in [4.69, 9.17) is 18.6 Å². The zero-order valence-corrected chi connectivity index (χ0v) is 27.8. The van der Waals surface area contributed by atoms with E-state index in [1.807, 2.05) is 32.0 Å². The highest BCUT2D eigenvalue weighted by atomic mass is 127. The van der Waals surface area contributed by atoms with Crippen molar-refractivity contribution in [3.05, 3.63) is 67.8 Å². The van der Waals surface area contributed by atoms with E-state index < -0.39 is 14.1 Å². The molecule has 7 heteroatoms. The van der Waals surface area contributed by atoms with Gasteiger partial charge in [-0.05, 0) is 114 Å². The first-order valence-corrected chi connectivity index (χ1v) is 17.8. The maximum absolute atomic E-state index is 13.7. The molecule has 2 aromatic carbocycles. The van der Waals surface area contributed by atoms with Crippen molar-refractivity contribution in [2.75, 3.05) is 13.2 Å². The monoisotopic (exact) mass is 660 g/mol. The molecule has 0 unspecified atom stereocenters. The van der Waals surface area contributed by atoms with Gasteiger partial charge >= 0.3 is 0 Å². The smallest absolute Gasteiger partial charge is 0.193 e. The molecule has 0 radical (unpaired) electrons. The van der Waals surface area contributed by atoms with Crippen LogP contribution in [-0.2, 0) is 25.7 Å². The predicted molar refractivity (Wildman–Crippen MR) is 166 cm³/mol. The number of benzene rings is 2. The molecule has 0 amide bonds. The van der Waals surface area contributed by atoms with Crippen molar-refractivity contribution in [2.24, 2.45) is 0 Å². The second-order valence-electron chi connectivity index (χ2n) is 13.6. The Morgan fingerprint density at radius 1 is 0.974 bits per heavy atom. The lowest BCUT2D eigenvalue weighted by molar-refractivity contribution is -0.150. The Balaban J connectivity index is 1.34. The lowest BCUT2D eigenvalue weighted by atomic mass is 9.68. The van der Waals surface area contributed by atoms with Gasteiger partial charge in [0.1, 0.15) is 24.6 Å². The van der Waals surface area contributed by atoms with E-state index in [0.717, 1.165) is 34.4 Å². The summed E-state index contributed by atoms with van der Waals surface area (Å²) < 4.78 is 26.4. The molecular weight excluding hydrogens is 619 g/mol. The highest BCUT2D eigenvalue weighted by Crippen LogP contribution is 2.50. The molecule has 0 spiro atoms. The number of carbonyl (C=O) groups excluding carboxylic acids is 1. The van der Waals surface area contributed by atoms with E-state index >= 15 is 0 Å². The molecule has 39 heavy (non-hydrogen) atoms. The number of hydrogen-bond acceptors (Lipinski definition) is 5. The third kappa shape index (κ3) is 5.30. The summed E-state index contributed by atoms with van der Waals surface area (Å²) in [5.41, 5.74) is 5.91. The SMILES string of the molecule is CC1(C)O[C@H](COc2ccc3c(c2)C(C)(C)C2=C(C3=O)c3ccc(I)cc3C2)[C@@H](CO[Si](C)(C)C(C)(C)C)O1. The van der Waals surface area contributed by atoms with Crippen molar-refractivity contribution in [1.29, 1.82) is 0 Å². The van der Waals surface area contributed by atoms with Gasteiger partial charge in [0.05, 0.1) is 6.61 Å². The molecule has 2 atom stereocenters. The number of allylic oxidation sites excluding steroid dienone is 2. The van der Waals surface area contributed by atoms with Crippen LogP contribution in [0.3, 0.4) is 0 Å². The maximum Gasteiger partial charge on any atom is 0.193 e. The third-order valence-electron chi connectivity index (χ3n) is 9.01. The van der Waals surface area contributed by atoms with Crippen molar-refractivity contribution < 1.29 is 23.4 Å². The molecule has 2 aromatic rings. The van der Waals surface area contributed by atoms with Crippen molar-refractivity contribution in [1.82, 2.24) is 0 Å². The summed E-state index contributed by atoms with van der Waals surface area (Å²) in [4.78, 5) is 13.7. The Bertz CT molecular complexity index is 1350. The van der Waals surface area contributed by atoms with E-state index in [9.17, 15) is 4.79 Å². The first kappa shape index (κ1) is 29.0. The largest absolute Gasteiger partial charge is 0.491 e. The van der Waals surface area contributed by atoms with Gasteiger partial charge in [-0.15, -0.1) is 0 Å². The van der Waals surface area contributed by atoms with Crippen LogP contribution in [0, 0.1) is 3.57 Å². The Morgan fingerprint density at radius 3 is 2.28 bits per heavy atom. The summed E-state index contributed by atoms with van der Waals surface area (Å²) in [6, 6.07) is 12.3. The number of halogens is 1. The standard InChI is InChI=1S/C32H41IO5Si/c1-30(2,3)39(8,9)36-18-27-26(37-32(6,7)38-27)17-35-21-11-13-23-24(16-21)31(4,5)25-15-19-14-20(33)10-12-22(19)28(25)29(23)34/h10-14,16,26-27H,15,17-18H2,1-9H3/t26-,27-/m1/s1. The number of ketones is 1. The van der Waals surface area contributed by atoms with Gasteiger partial charge in [-0.1, -0.05) is 40.7 Å². The summed E-state index contributed by atoms with van der Waals surface area (Å²) >= 11 is 2.34. The molecule has 0 N–H and O–H groups in total. The molecule has 3 aliphatic rings. The minimum atomic E-state index is -1.92. The van der Waals surface area contributed by atoms with E-state index in [1.165, 1.54) is 14.7 Å². The zero-order valence-electron chi connectivity index (χ0n) is 24.7. The Morgan fingerprint density at radius 2 is 1.62 bits per heavy atom. The Kier molecular flexibility index (Phi) is 7.28. The lowest BCUT2D eigenvalue weighted by Crippen LogP contribution is -2.44. The van der Waals surface area contributed by atoms with Gasteiger partial charge in [0.2, 0.25) is 0 Å². The number of rotatable bonds is 6. The highest BCUT2D eigenvalue weighted by Gasteiger charge is 2.45. The average Bonchev–Trinajstić information content (AvgIpc) is 3.36. The number of hydrogen-bond donors (Lipinski definition) is 0. The van der Waals surface area contributed by atoms with Crippen molar-refractivity contribution in [3.8, 4) is 5.75 Å². The van der Waals surface area contributed by atoms with Crippen molar-refractivity contribution in [2.45, 2.75) is 96.4 Å². The first-order chi connectivity index (χ1) is 18.0. The molecule has 5 nitrogen and oxygen atoms in total. The normalized spacial score (nSPS) is 23.5. The molecule has 1 heterocycles. The molecule has 5 rings (SSSR count). The van der Waals surface area contributed by atoms with Gasteiger partial charge in [0.25, 0.3) is 0 Å². The maximum atomic E-state index is 13.7. The van der Waals surface area contributed by atoms with Gasteiger partial charge in [-0.2, -0.15) is 0 Å². The van der Waals surface area contributed by atoms with E-state index in [0.29, 0.717) is 13.2 Å². The molecule has 2 aliphatic carbocycles. The molecular formula is C32H41IO5Si. The molecule has 210 valence electrons. The minimum Gasteiger partial charge on any atom is -0.491 e. The quantitative estimate of drug-likeness (QED) is 0.235. The van der Waals surface area contributed by atoms with Crippen LogP contribution in [0.15, 0.2) is 42.0 Å². The number of Topliss-reactive ketones (excluding diaryl/α,β-unsaturated/α-hetero) is 1. The van der Waals surface area contributed by atoms with Gasteiger partial charge in [-0.25, -0.2) is 0 Å². The van der Waals surface area contributed by atoms with Crippen LogP contribution in [0.4, 0.5) is 0 Å². The lowest BCUT2D eigenvalue weighted by Gasteiger charge is -2.37. The number of fused-ring (bicyclic) bond motifs is 3. The zero-order chi connectivity index (χ0) is 28.5. The van der Waals surface area contributed by atoms with Gasteiger partial charge in [0, 0.05) is 20.1 Å². The molecule has 0 saturated carbocycles. The van der Waals surface area contributed by atoms with Crippen LogP contribution in [0.25, 0.3) is 5.57 Å². The van der Waals surface area contributed by atoms with E-state index in [2.05, 4.69) is 88.5 Å². The predicted octanol–water partition coefficient (Wildman–Crippen LogP) is 7.70. The fourth-order valence-electron chi connectivity index (χ4n) is 5.69. The van der Waals surface area contributed by atoms with Crippen LogP contribution < -0.4 is 4.74 Å². The number of ether oxygens (including phenoxy) is 3. The molecule has 1 aliphatic heterocycles. The second-order valence-corrected chi connectivity index (χ2v) is 19.6. The molecule has 1 fully saturated rings. The average molecular weight is 661 g/mol. The van der Waals surface area contributed by atoms with Crippen molar-refractivity contribution >= 4 is 42.3 Å². The summed E-state index contributed by atoms with van der Waals surface area (Å²) in [7, 11) is -1.92.